The van der Waals surface area contributed by atoms with Crippen LogP contribution in [0, 0.1) is 0 Å². The summed E-state index contributed by atoms with van der Waals surface area (Å²) in [7, 11) is 0. The van der Waals surface area contributed by atoms with E-state index in [-0.39, 0.29) is 5.91 Å². The van der Waals surface area contributed by atoms with Gasteiger partial charge in [-0.1, -0.05) is 0 Å². The Balaban J connectivity index is 2.44. The highest BCUT2D eigenvalue weighted by molar-refractivity contribution is 9.10. The van der Waals surface area contributed by atoms with Gasteiger partial charge in [-0.05, 0) is 22.4 Å². The van der Waals surface area contributed by atoms with Crippen LogP contribution in [0.25, 0.3) is 0 Å². The quantitative estimate of drug-likeness (QED) is 0.737. The van der Waals surface area contributed by atoms with Gasteiger partial charge in [0.25, 0.3) is 5.91 Å². The Morgan fingerprint density at radius 2 is 2.42 bits per heavy atom. The van der Waals surface area contributed by atoms with Crippen molar-refractivity contribution < 1.29 is 9.21 Å². The van der Waals surface area contributed by atoms with Crippen LogP contribution in [0.3, 0.4) is 0 Å². The van der Waals surface area contributed by atoms with E-state index in [9.17, 15) is 4.79 Å². The van der Waals surface area contributed by atoms with E-state index in [1.807, 2.05) is 0 Å². The van der Waals surface area contributed by atoms with Gasteiger partial charge in [-0.25, -0.2) is 0 Å². The lowest BCUT2D eigenvalue weighted by Crippen LogP contribution is -2.22. The van der Waals surface area contributed by atoms with Crippen molar-refractivity contribution in [2.45, 2.75) is 12.8 Å². The number of furan rings is 1. The van der Waals surface area contributed by atoms with Crippen molar-refractivity contribution in [1.82, 2.24) is 5.32 Å². The molecule has 1 aromatic rings. The number of amides is 1. The van der Waals surface area contributed by atoms with Crippen molar-refractivity contribution in [1.29, 1.82) is 0 Å². The van der Waals surface area contributed by atoms with Gasteiger partial charge < -0.3 is 9.73 Å². The number of carbonyl (C=O) groups excluding carboxylic acids is 1. The van der Waals surface area contributed by atoms with E-state index in [4.69, 9.17) is 4.42 Å². The first-order valence-electron chi connectivity index (χ1n) is 3.84. The number of carbonyl (C=O) groups is 1. The Kier molecular flexibility index (Phi) is 1.92. The molecule has 0 atom stereocenters. The molecule has 0 radical (unpaired) electrons. The predicted molar refractivity (Wildman–Crippen MR) is 47.1 cm³/mol. The molecular formula is C8H8BrNO2. The molecule has 0 spiro atoms. The number of fused-ring (bicyclic) bond motifs is 1. The highest BCUT2D eigenvalue weighted by atomic mass is 79.9. The van der Waals surface area contributed by atoms with Gasteiger partial charge in [-0.3, -0.25) is 4.79 Å². The number of nitrogens with one attached hydrogen (secondary N) is 1. The summed E-state index contributed by atoms with van der Waals surface area (Å²) in [4.78, 5) is 11.3. The second-order valence-electron chi connectivity index (χ2n) is 2.75. The maximum absolute atomic E-state index is 11.3. The first-order chi connectivity index (χ1) is 5.77. The van der Waals surface area contributed by atoms with E-state index in [1.54, 1.807) is 6.07 Å². The molecule has 12 heavy (non-hydrogen) atoms. The van der Waals surface area contributed by atoms with Crippen molar-refractivity contribution in [3.05, 3.63) is 22.1 Å². The van der Waals surface area contributed by atoms with Gasteiger partial charge in [0.2, 0.25) is 0 Å². The zero-order chi connectivity index (χ0) is 8.55. The van der Waals surface area contributed by atoms with Gasteiger partial charge in [0.1, 0.15) is 5.76 Å². The molecule has 1 aromatic heterocycles. The molecule has 1 N–H and O–H groups in total. The van der Waals surface area contributed by atoms with Crippen LogP contribution in [0.15, 0.2) is 15.2 Å². The fraction of sp³-hybridized carbons (Fsp3) is 0.375. The van der Waals surface area contributed by atoms with E-state index in [1.165, 1.54) is 0 Å². The molecule has 1 amide bonds. The van der Waals surface area contributed by atoms with Crippen LogP contribution in [0.2, 0.25) is 0 Å². The van der Waals surface area contributed by atoms with Crippen molar-refractivity contribution in [3.63, 3.8) is 0 Å². The number of hydrogen-bond acceptors (Lipinski definition) is 2. The molecule has 4 heteroatoms. The minimum atomic E-state index is -0.0306. The zero-order valence-corrected chi connectivity index (χ0v) is 7.98. The summed E-state index contributed by atoms with van der Waals surface area (Å²) in [5, 5.41) is 2.79. The first kappa shape index (κ1) is 7.86. The largest absolute Gasteiger partial charge is 0.454 e. The normalized spacial score (nSPS) is 16.6. The van der Waals surface area contributed by atoms with Gasteiger partial charge >= 0.3 is 0 Å². The van der Waals surface area contributed by atoms with Gasteiger partial charge in [0, 0.05) is 19.0 Å². The van der Waals surface area contributed by atoms with Crippen LogP contribution in [0.5, 0.6) is 0 Å². The maximum atomic E-state index is 11.3. The third-order valence-corrected chi connectivity index (χ3v) is 2.28. The maximum Gasteiger partial charge on any atom is 0.254 e. The molecule has 3 nitrogen and oxygen atoms in total. The Labute approximate surface area is 78.3 Å². The minimum Gasteiger partial charge on any atom is -0.454 e. The van der Waals surface area contributed by atoms with Crippen molar-refractivity contribution >= 4 is 21.8 Å². The molecule has 2 heterocycles. The van der Waals surface area contributed by atoms with Crippen LogP contribution in [-0.2, 0) is 6.42 Å². The molecule has 1 aliphatic heterocycles. The van der Waals surface area contributed by atoms with Crippen molar-refractivity contribution in [2.24, 2.45) is 0 Å². The van der Waals surface area contributed by atoms with E-state index in [2.05, 4.69) is 21.2 Å². The van der Waals surface area contributed by atoms with Gasteiger partial charge in [-0.15, -0.1) is 0 Å². The smallest absolute Gasteiger partial charge is 0.254 e. The average molecular weight is 230 g/mol. The average Bonchev–Trinajstić information content (AvgIpc) is 2.33. The van der Waals surface area contributed by atoms with Crippen LogP contribution < -0.4 is 5.32 Å². The van der Waals surface area contributed by atoms with Gasteiger partial charge in [0.05, 0.1) is 5.56 Å². The Morgan fingerprint density at radius 3 is 3.25 bits per heavy atom. The number of aryl methyl sites for hydroxylation is 1. The molecule has 64 valence electrons. The highest BCUT2D eigenvalue weighted by Crippen LogP contribution is 2.22. The zero-order valence-electron chi connectivity index (χ0n) is 6.39. The lowest BCUT2D eigenvalue weighted by atomic mass is 10.2. The summed E-state index contributed by atoms with van der Waals surface area (Å²) in [5.74, 6) is 0.758. The molecule has 0 fully saturated rings. The van der Waals surface area contributed by atoms with Gasteiger partial charge in [0.15, 0.2) is 4.67 Å². The number of halogens is 1. The van der Waals surface area contributed by atoms with E-state index in [0.717, 1.165) is 25.1 Å². The fourth-order valence-corrected chi connectivity index (χ4v) is 1.74. The Hall–Kier alpha value is -0.770. The van der Waals surface area contributed by atoms with Gasteiger partial charge in [-0.2, -0.15) is 0 Å². The van der Waals surface area contributed by atoms with Crippen LogP contribution in [0.4, 0.5) is 0 Å². The molecule has 0 saturated carbocycles. The van der Waals surface area contributed by atoms with Crippen LogP contribution in [-0.4, -0.2) is 12.5 Å². The number of rotatable bonds is 0. The lowest BCUT2D eigenvalue weighted by molar-refractivity contribution is 0.0955. The molecule has 1 aliphatic rings. The highest BCUT2D eigenvalue weighted by Gasteiger charge is 2.19. The second-order valence-corrected chi connectivity index (χ2v) is 3.53. The lowest BCUT2D eigenvalue weighted by Gasteiger charge is -1.95. The summed E-state index contributed by atoms with van der Waals surface area (Å²) >= 11 is 3.20. The van der Waals surface area contributed by atoms with E-state index >= 15 is 0 Å². The molecule has 0 aliphatic carbocycles. The Bertz CT molecular complexity index is 319. The fourth-order valence-electron chi connectivity index (χ4n) is 1.32. The van der Waals surface area contributed by atoms with Crippen molar-refractivity contribution in [3.8, 4) is 0 Å². The molecule has 0 unspecified atom stereocenters. The van der Waals surface area contributed by atoms with Crippen LogP contribution in [0.1, 0.15) is 22.5 Å². The summed E-state index contributed by atoms with van der Waals surface area (Å²) in [6.45, 7) is 0.737. The molecule has 0 bridgehead atoms. The van der Waals surface area contributed by atoms with Crippen LogP contribution >= 0.6 is 15.9 Å². The summed E-state index contributed by atoms with van der Waals surface area (Å²) in [5.41, 5.74) is 0.666. The van der Waals surface area contributed by atoms with E-state index < -0.39 is 0 Å². The topological polar surface area (TPSA) is 42.2 Å². The monoisotopic (exact) mass is 229 g/mol. The Morgan fingerprint density at radius 1 is 1.58 bits per heavy atom. The molecule has 0 saturated heterocycles. The van der Waals surface area contributed by atoms with E-state index in [0.29, 0.717) is 10.2 Å². The summed E-state index contributed by atoms with van der Waals surface area (Å²) in [6, 6.07) is 1.72. The molecule has 2 rings (SSSR count). The molecule has 0 aromatic carbocycles. The third kappa shape index (κ3) is 1.27. The standard InChI is InChI=1S/C8H8BrNO2/c9-7-4-5-6(12-7)2-1-3-10-8(5)11/h4H,1-3H2,(H,10,11). The first-order valence-corrected chi connectivity index (χ1v) is 4.63. The second kappa shape index (κ2) is 2.94. The predicted octanol–water partition coefficient (Wildman–Crippen LogP) is 1.72. The number of hydrogen-bond donors (Lipinski definition) is 1. The van der Waals surface area contributed by atoms with Crippen molar-refractivity contribution in [2.75, 3.05) is 6.54 Å². The summed E-state index contributed by atoms with van der Waals surface area (Å²) in [6.07, 6.45) is 1.78. The minimum absolute atomic E-state index is 0.0306. The summed E-state index contributed by atoms with van der Waals surface area (Å²) < 4.78 is 5.94. The molecular weight excluding hydrogens is 222 g/mol. The SMILES string of the molecule is O=C1NCCCc2oc(Br)cc21. The third-order valence-electron chi connectivity index (χ3n) is 1.89.